The lowest BCUT2D eigenvalue weighted by molar-refractivity contribution is -0.136. The van der Waals surface area contributed by atoms with Gasteiger partial charge < -0.3 is 16.1 Å². The van der Waals surface area contributed by atoms with Gasteiger partial charge in [-0.25, -0.2) is 4.98 Å². The van der Waals surface area contributed by atoms with E-state index in [2.05, 4.69) is 15.2 Å². The van der Waals surface area contributed by atoms with Gasteiger partial charge in [-0.3, -0.25) is 9.89 Å². The molecule has 1 aromatic carbocycles. The first-order valence-electron chi connectivity index (χ1n) is 4.44. The number of aliphatic carboxylic acids is 1. The third kappa shape index (κ3) is 3.67. The summed E-state index contributed by atoms with van der Waals surface area (Å²) < 4.78 is 0. The van der Waals surface area contributed by atoms with Crippen molar-refractivity contribution in [2.45, 2.75) is 6.42 Å². The molecule has 0 unspecified atom stereocenters. The lowest BCUT2D eigenvalue weighted by Crippen LogP contribution is -2.01. The maximum atomic E-state index is 10.4. The summed E-state index contributed by atoms with van der Waals surface area (Å²) >= 11 is 0. The highest BCUT2D eigenvalue weighted by Gasteiger charge is 2.07. The van der Waals surface area contributed by atoms with Crippen molar-refractivity contribution in [1.82, 2.24) is 15.2 Å². The van der Waals surface area contributed by atoms with E-state index in [-0.39, 0.29) is 17.4 Å². The van der Waals surface area contributed by atoms with Gasteiger partial charge in [0.05, 0.1) is 0 Å². The molecule has 2 aromatic rings. The van der Waals surface area contributed by atoms with Crippen molar-refractivity contribution in [2.75, 3.05) is 0 Å². The number of nitrogens with one attached hydrogen (secondary N) is 1. The SMILES string of the molecule is O.O.O=C(O)Cc1nc(-c2ccccc2)n[nH]1. The molecule has 92 valence electrons. The number of carboxylic acids is 1. The zero-order chi connectivity index (χ0) is 10.7. The van der Waals surface area contributed by atoms with Crippen LogP contribution in [0.5, 0.6) is 0 Å². The van der Waals surface area contributed by atoms with Crippen LogP contribution in [0.3, 0.4) is 0 Å². The molecule has 0 amide bonds. The molecule has 7 heteroatoms. The zero-order valence-corrected chi connectivity index (χ0v) is 8.84. The quantitative estimate of drug-likeness (QED) is 0.740. The van der Waals surface area contributed by atoms with Gasteiger partial charge in [-0.1, -0.05) is 30.3 Å². The minimum atomic E-state index is -0.925. The summed E-state index contributed by atoms with van der Waals surface area (Å²) in [6, 6.07) is 9.39. The number of aromatic nitrogens is 3. The van der Waals surface area contributed by atoms with Crippen LogP contribution in [-0.2, 0) is 11.2 Å². The fourth-order valence-electron chi connectivity index (χ4n) is 1.23. The normalized spacial score (nSPS) is 8.94. The molecule has 0 fully saturated rings. The van der Waals surface area contributed by atoms with Crippen molar-refractivity contribution in [2.24, 2.45) is 0 Å². The van der Waals surface area contributed by atoms with Crippen molar-refractivity contribution in [1.29, 1.82) is 0 Å². The van der Waals surface area contributed by atoms with Crippen LogP contribution in [0, 0.1) is 0 Å². The Bertz CT molecular complexity index is 469. The number of hydrogen-bond acceptors (Lipinski definition) is 3. The fourth-order valence-corrected chi connectivity index (χ4v) is 1.23. The van der Waals surface area contributed by atoms with Gasteiger partial charge in [0.1, 0.15) is 12.2 Å². The van der Waals surface area contributed by atoms with E-state index >= 15 is 0 Å². The average Bonchev–Trinajstić information content (AvgIpc) is 2.67. The number of aromatic amines is 1. The molecule has 0 bridgehead atoms. The molecule has 0 saturated heterocycles. The summed E-state index contributed by atoms with van der Waals surface area (Å²) in [5.41, 5.74) is 0.866. The van der Waals surface area contributed by atoms with Gasteiger partial charge in [-0.15, -0.1) is 0 Å². The van der Waals surface area contributed by atoms with Crippen LogP contribution in [-0.4, -0.2) is 37.2 Å². The van der Waals surface area contributed by atoms with E-state index in [1.807, 2.05) is 30.3 Å². The van der Waals surface area contributed by atoms with Gasteiger partial charge in [0.25, 0.3) is 0 Å². The largest absolute Gasteiger partial charge is 0.481 e. The number of carboxylic acid groups (broad SMARTS) is 1. The maximum Gasteiger partial charge on any atom is 0.311 e. The molecule has 0 spiro atoms. The molecule has 0 radical (unpaired) electrons. The Morgan fingerprint density at radius 1 is 1.24 bits per heavy atom. The molecule has 0 saturated carbocycles. The average molecular weight is 239 g/mol. The van der Waals surface area contributed by atoms with E-state index in [1.54, 1.807) is 0 Å². The number of hydrogen-bond donors (Lipinski definition) is 2. The van der Waals surface area contributed by atoms with E-state index in [0.717, 1.165) is 5.56 Å². The third-order valence-electron chi connectivity index (χ3n) is 1.88. The van der Waals surface area contributed by atoms with Crippen molar-refractivity contribution in [3.63, 3.8) is 0 Å². The first-order chi connectivity index (χ1) is 7.25. The molecule has 0 atom stereocenters. The summed E-state index contributed by atoms with van der Waals surface area (Å²) in [5, 5.41) is 15.1. The molecule has 0 aliphatic heterocycles. The van der Waals surface area contributed by atoms with Crippen molar-refractivity contribution in [3.05, 3.63) is 36.2 Å². The number of carbonyl (C=O) groups is 1. The Balaban J connectivity index is 0.00000128. The summed E-state index contributed by atoms with van der Waals surface area (Å²) in [6.07, 6.45) is -0.139. The highest BCUT2D eigenvalue weighted by molar-refractivity contribution is 5.69. The smallest absolute Gasteiger partial charge is 0.311 e. The van der Waals surface area contributed by atoms with Gasteiger partial charge in [0.2, 0.25) is 0 Å². The lowest BCUT2D eigenvalue weighted by atomic mass is 10.2. The zero-order valence-electron chi connectivity index (χ0n) is 8.84. The Labute approximate surface area is 96.8 Å². The predicted octanol–water partition coefficient (Wildman–Crippen LogP) is -0.551. The van der Waals surface area contributed by atoms with Crippen LogP contribution < -0.4 is 0 Å². The molecule has 0 aliphatic carbocycles. The van der Waals surface area contributed by atoms with Gasteiger partial charge in [-0.05, 0) is 0 Å². The van der Waals surface area contributed by atoms with Crippen molar-refractivity contribution < 1.29 is 20.9 Å². The fraction of sp³-hybridized carbons (Fsp3) is 0.100. The van der Waals surface area contributed by atoms with E-state index in [4.69, 9.17) is 5.11 Å². The summed E-state index contributed by atoms with van der Waals surface area (Å²) in [6.45, 7) is 0. The van der Waals surface area contributed by atoms with E-state index in [1.165, 1.54) is 0 Å². The molecule has 17 heavy (non-hydrogen) atoms. The standard InChI is InChI=1S/C10H9N3O2.2H2O/c14-9(15)6-8-11-10(13-12-8)7-4-2-1-3-5-7;;/h1-5H,6H2,(H,14,15)(H,11,12,13);2*1H2. The summed E-state index contributed by atoms with van der Waals surface area (Å²) in [7, 11) is 0. The van der Waals surface area contributed by atoms with Gasteiger partial charge in [0, 0.05) is 5.56 Å². The van der Waals surface area contributed by atoms with Gasteiger partial charge >= 0.3 is 5.97 Å². The highest BCUT2D eigenvalue weighted by atomic mass is 16.4. The first kappa shape index (κ1) is 14.8. The van der Waals surface area contributed by atoms with Crippen LogP contribution in [0.15, 0.2) is 30.3 Å². The first-order valence-corrected chi connectivity index (χ1v) is 4.44. The van der Waals surface area contributed by atoms with E-state index in [0.29, 0.717) is 11.6 Å². The van der Waals surface area contributed by atoms with Crippen LogP contribution in [0.2, 0.25) is 0 Å². The number of H-pyrrole nitrogens is 1. The second kappa shape index (κ2) is 6.36. The monoisotopic (exact) mass is 239 g/mol. The van der Waals surface area contributed by atoms with Crippen molar-refractivity contribution in [3.8, 4) is 11.4 Å². The van der Waals surface area contributed by atoms with Crippen LogP contribution in [0.1, 0.15) is 5.82 Å². The second-order valence-electron chi connectivity index (χ2n) is 3.04. The molecular weight excluding hydrogens is 226 g/mol. The van der Waals surface area contributed by atoms with Gasteiger partial charge in [-0.2, -0.15) is 5.10 Å². The van der Waals surface area contributed by atoms with Crippen LogP contribution in [0.4, 0.5) is 0 Å². The molecule has 1 heterocycles. The Hall–Kier alpha value is -2.25. The summed E-state index contributed by atoms with van der Waals surface area (Å²) in [4.78, 5) is 14.5. The maximum absolute atomic E-state index is 10.4. The molecular formula is C10H13N3O4. The van der Waals surface area contributed by atoms with E-state index < -0.39 is 5.97 Å². The van der Waals surface area contributed by atoms with E-state index in [9.17, 15) is 4.79 Å². The minimum absolute atomic E-state index is 0. The lowest BCUT2D eigenvalue weighted by Gasteiger charge is -1.91. The molecule has 1 aromatic heterocycles. The topological polar surface area (TPSA) is 142 Å². The molecule has 0 aliphatic rings. The van der Waals surface area contributed by atoms with Gasteiger partial charge in [0.15, 0.2) is 5.82 Å². The molecule has 7 nitrogen and oxygen atoms in total. The van der Waals surface area contributed by atoms with Crippen LogP contribution >= 0.6 is 0 Å². The highest BCUT2D eigenvalue weighted by Crippen LogP contribution is 2.13. The molecule has 2 rings (SSSR count). The van der Waals surface area contributed by atoms with Crippen molar-refractivity contribution >= 4 is 5.97 Å². The third-order valence-corrected chi connectivity index (χ3v) is 1.88. The number of rotatable bonds is 3. The number of benzene rings is 1. The Morgan fingerprint density at radius 3 is 2.47 bits per heavy atom. The molecule has 6 N–H and O–H groups in total. The summed E-state index contributed by atoms with van der Waals surface area (Å²) in [5.74, 6) is -0.0426. The van der Waals surface area contributed by atoms with Crippen LogP contribution in [0.25, 0.3) is 11.4 Å². The Morgan fingerprint density at radius 2 is 1.88 bits per heavy atom. The predicted molar refractivity (Wildman–Crippen MR) is 60.4 cm³/mol. The number of nitrogens with zero attached hydrogens (tertiary/aromatic N) is 2. The minimum Gasteiger partial charge on any atom is -0.481 e. The Kier molecular flexibility index (Phi) is 5.52. The second-order valence-corrected chi connectivity index (χ2v) is 3.04.